The van der Waals surface area contributed by atoms with Crippen molar-refractivity contribution < 1.29 is 14.3 Å². The van der Waals surface area contributed by atoms with Crippen LogP contribution >= 0.6 is 23.1 Å². The molecule has 0 fully saturated rings. The minimum atomic E-state index is -0.00991. The minimum Gasteiger partial charge on any atom is -0.489 e. The predicted molar refractivity (Wildman–Crippen MR) is 134 cm³/mol. The molecule has 0 saturated heterocycles. The first-order chi connectivity index (χ1) is 16.1. The van der Waals surface area contributed by atoms with Crippen LogP contribution in [0.2, 0.25) is 0 Å². The molecule has 0 aliphatic carbocycles. The number of benzene rings is 2. The summed E-state index contributed by atoms with van der Waals surface area (Å²) >= 11 is 2.62. The topological polar surface area (TPSA) is 81.2 Å². The van der Waals surface area contributed by atoms with Gasteiger partial charge in [0.2, 0.25) is 11.0 Å². The van der Waals surface area contributed by atoms with E-state index in [0.717, 1.165) is 37.0 Å². The van der Waals surface area contributed by atoms with Crippen molar-refractivity contribution in [1.29, 1.82) is 0 Å². The highest BCUT2D eigenvalue weighted by Crippen LogP contribution is 2.27. The zero-order valence-corrected chi connectivity index (χ0v) is 20.6. The molecular weight excluding hydrogens is 454 g/mol. The molecule has 3 rings (SSSR count). The molecular formula is C25H29N3O3S2. The Morgan fingerprint density at radius 2 is 1.82 bits per heavy atom. The molecule has 0 unspecified atom stereocenters. The van der Waals surface area contributed by atoms with Crippen molar-refractivity contribution in [3.63, 3.8) is 0 Å². The Kier molecular flexibility index (Phi) is 9.90. The highest BCUT2D eigenvalue weighted by molar-refractivity contribution is 8.01. The second-order valence-corrected chi connectivity index (χ2v) is 9.82. The van der Waals surface area contributed by atoms with Crippen LogP contribution in [0.25, 0.3) is 0 Å². The fourth-order valence-corrected chi connectivity index (χ4v) is 4.84. The number of amides is 1. The molecule has 1 heterocycles. The first-order valence-corrected chi connectivity index (χ1v) is 13.0. The summed E-state index contributed by atoms with van der Waals surface area (Å²) in [5.41, 5.74) is 1.71. The Bertz CT molecular complexity index is 1020. The van der Waals surface area contributed by atoms with Crippen molar-refractivity contribution in [2.75, 3.05) is 11.1 Å². The number of thioether (sulfide) groups is 1. The second-order valence-electron chi connectivity index (χ2n) is 7.62. The Balaban J connectivity index is 1.46. The van der Waals surface area contributed by atoms with Crippen LogP contribution in [0.1, 0.15) is 55.5 Å². The first-order valence-electron chi connectivity index (χ1n) is 11.2. The van der Waals surface area contributed by atoms with Gasteiger partial charge in [0, 0.05) is 11.5 Å². The van der Waals surface area contributed by atoms with Crippen molar-refractivity contribution >= 4 is 39.9 Å². The van der Waals surface area contributed by atoms with Crippen molar-refractivity contribution in [2.45, 2.75) is 50.5 Å². The lowest BCUT2D eigenvalue weighted by molar-refractivity contribution is -0.120. The normalized spacial score (nSPS) is 11.7. The van der Waals surface area contributed by atoms with Gasteiger partial charge in [-0.25, -0.2) is 0 Å². The molecule has 0 saturated carbocycles. The van der Waals surface area contributed by atoms with Crippen LogP contribution in [0, 0.1) is 5.92 Å². The van der Waals surface area contributed by atoms with E-state index in [2.05, 4.69) is 22.4 Å². The summed E-state index contributed by atoms with van der Waals surface area (Å²) < 4.78 is 6.42. The van der Waals surface area contributed by atoms with Gasteiger partial charge in [0.25, 0.3) is 0 Å². The van der Waals surface area contributed by atoms with Crippen LogP contribution in [0.4, 0.5) is 5.13 Å². The van der Waals surface area contributed by atoms with Gasteiger partial charge in [-0.05, 0) is 42.7 Å². The third-order valence-corrected chi connectivity index (χ3v) is 7.13. The van der Waals surface area contributed by atoms with Crippen LogP contribution < -0.4 is 10.1 Å². The van der Waals surface area contributed by atoms with E-state index in [1.807, 2.05) is 49.4 Å². The highest BCUT2D eigenvalue weighted by atomic mass is 32.2. The van der Waals surface area contributed by atoms with Gasteiger partial charge >= 0.3 is 0 Å². The fourth-order valence-electron chi connectivity index (χ4n) is 3.19. The van der Waals surface area contributed by atoms with Crippen LogP contribution in [0.3, 0.4) is 0 Å². The summed E-state index contributed by atoms with van der Waals surface area (Å²) in [5, 5.41) is 11.5. The van der Waals surface area contributed by atoms with Gasteiger partial charge in [0.1, 0.15) is 12.4 Å². The molecule has 0 aliphatic rings. The van der Waals surface area contributed by atoms with Gasteiger partial charge in [-0.3, -0.25) is 9.59 Å². The number of nitrogens with zero attached hydrogens (tertiary/aromatic N) is 2. The molecule has 1 amide bonds. The van der Waals surface area contributed by atoms with E-state index >= 15 is 0 Å². The quantitative estimate of drug-likeness (QED) is 0.176. The number of anilines is 1. The summed E-state index contributed by atoms with van der Waals surface area (Å²) in [4.78, 5) is 25.0. The summed E-state index contributed by atoms with van der Waals surface area (Å²) in [5.74, 6) is 0.953. The van der Waals surface area contributed by atoms with Crippen LogP contribution in [-0.4, -0.2) is 27.6 Å². The Labute approximate surface area is 203 Å². The molecule has 1 N–H and O–H groups in total. The Hall–Kier alpha value is -2.71. The van der Waals surface area contributed by atoms with E-state index in [4.69, 9.17) is 4.74 Å². The number of Topliss-reactive ketones (excluding diaryl/α,β-unsaturated/α-hetero) is 1. The van der Waals surface area contributed by atoms with Gasteiger partial charge in [-0.1, -0.05) is 80.1 Å². The standard InChI is InChI=1S/C25H29N3O3S2/c1-3-5-11-19(4-2)23(30)26-24-27-28-25(33-24)32-17-22(29)20-12-14-21(15-13-20)31-16-18-9-7-6-8-10-18/h6-10,12-15,19H,3-5,11,16-17H2,1-2H3,(H,26,27,30)/t19-/m1/s1. The van der Waals surface area contributed by atoms with E-state index < -0.39 is 0 Å². The van der Waals surface area contributed by atoms with Gasteiger partial charge < -0.3 is 10.1 Å². The predicted octanol–water partition coefficient (Wildman–Crippen LogP) is 6.25. The van der Waals surface area contributed by atoms with Crippen molar-refractivity contribution in [3.05, 3.63) is 65.7 Å². The zero-order chi connectivity index (χ0) is 23.5. The summed E-state index contributed by atoms with van der Waals surface area (Å²) in [6.07, 6.45) is 3.78. The van der Waals surface area contributed by atoms with E-state index in [1.165, 1.54) is 23.1 Å². The largest absolute Gasteiger partial charge is 0.489 e. The molecule has 1 atom stereocenters. The van der Waals surface area contributed by atoms with E-state index in [-0.39, 0.29) is 23.4 Å². The zero-order valence-electron chi connectivity index (χ0n) is 19.0. The summed E-state index contributed by atoms with van der Waals surface area (Å²) in [6, 6.07) is 17.1. The molecule has 0 spiro atoms. The number of nitrogens with one attached hydrogen (secondary N) is 1. The maximum atomic E-state index is 12.5. The fraction of sp³-hybridized carbons (Fsp3) is 0.360. The third-order valence-electron chi connectivity index (χ3n) is 5.16. The monoisotopic (exact) mass is 483 g/mol. The van der Waals surface area contributed by atoms with Crippen molar-refractivity contribution in [3.8, 4) is 5.75 Å². The lowest BCUT2D eigenvalue weighted by atomic mass is 9.99. The van der Waals surface area contributed by atoms with Gasteiger partial charge in [-0.15, -0.1) is 10.2 Å². The van der Waals surface area contributed by atoms with E-state index in [9.17, 15) is 9.59 Å². The number of ketones is 1. The molecule has 0 aliphatic heterocycles. The molecule has 0 radical (unpaired) electrons. The second kappa shape index (κ2) is 13.1. The minimum absolute atomic E-state index is 0.000933. The molecule has 1 aromatic heterocycles. The number of carbonyl (C=O) groups excluding carboxylic acids is 2. The lowest BCUT2D eigenvalue weighted by Crippen LogP contribution is -2.22. The molecule has 6 nitrogen and oxygen atoms in total. The summed E-state index contributed by atoms with van der Waals surface area (Å²) in [7, 11) is 0. The molecule has 2 aromatic carbocycles. The first kappa shape index (κ1) is 24.9. The van der Waals surface area contributed by atoms with Crippen LogP contribution in [-0.2, 0) is 11.4 Å². The number of hydrogen-bond donors (Lipinski definition) is 1. The number of ether oxygens (including phenoxy) is 1. The number of rotatable bonds is 13. The SMILES string of the molecule is CCCC[C@@H](CC)C(=O)Nc1nnc(SCC(=O)c2ccc(OCc3ccccc3)cc2)s1. The van der Waals surface area contributed by atoms with Crippen LogP contribution in [0.15, 0.2) is 58.9 Å². The average Bonchev–Trinajstić information content (AvgIpc) is 3.30. The van der Waals surface area contributed by atoms with E-state index in [1.54, 1.807) is 12.1 Å². The smallest absolute Gasteiger partial charge is 0.229 e. The van der Waals surface area contributed by atoms with E-state index in [0.29, 0.717) is 21.6 Å². The number of carbonyl (C=O) groups is 2. The Morgan fingerprint density at radius 3 is 2.52 bits per heavy atom. The van der Waals surface area contributed by atoms with Gasteiger partial charge in [-0.2, -0.15) is 0 Å². The number of hydrogen-bond acceptors (Lipinski definition) is 7. The lowest BCUT2D eigenvalue weighted by Gasteiger charge is -2.12. The molecule has 3 aromatic rings. The van der Waals surface area contributed by atoms with Gasteiger partial charge in [0.05, 0.1) is 5.75 Å². The third kappa shape index (κ3) is 7.98. The van der Waals surface area contributed by atoms with Gasteiger partial charge in [0.15, 0.2) is 10.1 Å². The molecule has 0 bridgehead atoms. The summed E-state index contributed by atoms with van der Waals surface area (Å²) in [6.45, 7) is 4.63. The molecule has 174 valence electrons. The maximum absolute atomic E-state index is 12.5. The number of aromatic nitrogens is 2. The molecule has 33 heavy (non-hydrogen) atoms. The Morgan fingerprint density at radius 1 is 1.06 bits per heavy atom. The van der Waals surface area contributed by atoms with Crippen LogP contribution in [0.5, 0.6) is 5.75 Å². The average molecular weight is 484 g/mol. The molecule has 8 heteroatoms. The van der Waals surface area contributed by atoms with Crippen molar-refractivity contribution in [1.82, 2.24) is 10.2 Å². The maximum Gasteiger partial charge on any atom is 0.229 e. The highest BCUT2D eigenvalue weighted by Gasteiger charge is 2.18. The number of unbranched alkanes of at least 4 members (excludes halogenated alkanes) is 1. The van der Waals surface area contributed by atoms with Crippen molar-refractivity contribution in [2.24, 2.45) is 5.92 Å².